The Kier molecular flexibility index (Phi) is 7.81. The number of morpholine rings is 1. The highest BCUT2D eigenvalue weighted by Gasteiger charge is 2.38. The third-order valence-electron chi connectivity index (χ3n) is 6.80. The normalized spacial score (nSPS) is 19.6. The Morgan fingerprint density at radius 3 is 2.56 bits per heavy atom. The molecule has 7 heteroatoms. The van der Waals surface area contributed by atoms with Crippen molar-refractivity contribution in [1.29, 1.82) is 0 Å². The average Bonchev–Trinajstić information content (AvgIpc) is 3.32. The molecule has 0 amide bonds. The van der Waals surface area contributed by atoms with Gasteiger partial charge in [-0.25, -0.2) is 4.98 Å². The smallest absolute Gasteiger partial charge is 0.226 e. The van der Waals surface area contributed by atoms with E-state index in [1.54, 1.807) is 6.26 Å². The number of oxazole rings is 1. The molecule has 2 N–H and O–H groups in total. The molecule has 1 saturated heterocycles. The standard InChI is InChI=1S/C25H37N5O2/c1-20-6-8-21(9-7-20)23-29-22(18-32-23)10-13-27-24(26-2)28-19-25(11-4-3-5-12-25)30-14-16-31-17-15-30/h6-9,18H,3-5,10-17,19H2,1-2H3,(H2,26,27,28). The fraction of sp³-hybridized carbons (Fsp3) is 0.600. The predicted octanol–water partition coefficient (Wildman–Crippen LogP) is 3.39. The lowest BCUT2D eigenvalue weighted by atomic mass is 9.80. The number of hydrogen-bond donors (Lipinski definition) is 2. The van der Waals surface area contributed by atoms with Gasteiger partial charge in [-0.05, 0) is 31.9 Å². The number of rotatable bonds is 7. The predicted molar refractivity (Wildman–Crippen MR) is 128 cm³/mol. The second-order valence-electron chi connectivity index (χ2n) is 9.00. The van der Waals surface area contributed by atoms with Gasteiger partial charge >= 0.3 is 0 Å². The maximum atomic E-state index is 5.68. The Bertz CT molecular complexity index is 865. The molecule has 0 atom stereocenters. The van der Waals surface area contributed by atoms with Crippen molar-refractivity contribution in [2.75, 3.05) is 46.4 Å². The number of aliphatic imine (C=N–C) groups is 1. The van der Waals surface area contributed by atoms with Crippen LogP contribution in [0.4, 0.5) is 0 Å². The van der Waals surface area contributed by atoms with Crippen LogP contribution in [-0.4, -0.2) is 67.8 Å². The molecule has 32 heavy (non-hydrogen) atoms. The number of nitrogens with one attached hydrogen (secondary N) is 2. The Balaban J connectivity index is 1.28. The van der Waals surface area contributed by atoms with Gasteiger partial charge in [0.1, 0.15) is 6.26 Å². The van der Waals surface area contributed by atoms with Crippen molar-refractivity contribution in [3.05, 3.63) is 41.8 Å². The van der Waals surface area contributed by atoms with Gasteiger partial charge in [0, 0.05) is 50.7 Å². The van der Waals surface area contributed by atoms with E-state index in [0.717, 1.165) is 63.0 Å². The van der Waals surface area contributed by atoms with Crippen molar-refractivity contribution in [2.24, 2.45) is 4.99 Å². The van der Waals surface area contributed by atoms with Gasteiger partial charge in [0.25, 0.3) is 0 Å². The van der Waals surface area contributed by atoms with Crippen LogP contribution in [-0.2, 0) is 11.2 Å². The maximum Gasteiger partial charge on any atom is 0.226 e. The minimum absolute atomic E-state index is 0.217. The van der Waals surface area contributed by atoms with E-state index in [1.807, 2.05) is 19.2 Å². The van der Waals surface area contributed by atoms with Crippen LogP contribution in [0, 0.1) is 6.92 Å². The molecule has 0 radical (unpaired) electrons. The fourth-order valence-corrected chi connectivity index (χ4v) is 4.88. The Hall–Kier alpha value is -2.38. The Morgan fingerprint density at radius 1 is 1.09 bits per heavy atom. The van der Waals surface area contributed by atoms with Crippen LogP contribution in [0.25, 0.3) is 11.5 Å². The van der Waals surface area contributed by atoms with E-state index in [9.17, 15) is 0 Å². The van der Waals surface area contributed by atoms with Gasteiger partial charge in [0.05, 0.1) is 18.9 Å². The number of aryl methyl sites for hydroxylation is 1. The van der Waals surface area contributed by atoms with Gasteiger partial charge < -0.3 is 19.8 Å². The second kappa shape index (κ2) is 11.0. The zero-order valence-corrected chi connectivity index (χ0v) is 19.5. The van der Waals surface area contributed by atoms with E-state index < -0.39 is 0 Å². The summed E-state index contributed by atoms with van der Waals surface area (Å²) in [6.07, 6.45) is 8.99. The van der Waals surface area contributed by atoms with Crippen LogP contribution in [0.1, 0.15) is 43.4 Å². The molecule has 1 aliphatic heterocycles. The van der Waals surface area contributed by atoms with Crippen LogP contribution in [0.15, 0.2) is 39.9 Å². The summed E-state index contributed by atoms with van der Waals surface area (Å²) in [4.78, 5) is 11.7. The lowest BCUT2D eigenvalue weighted by Gasteiger charge is -2.48. The fourth-order valence-electron chi connectivity index (χ4n) is 4.88. The van der Waals surface area contributed by atoms with Crippen molar-refractivity contribution in [3.63, 3.8) is 0 Å². The van der Waals surface area contributed by atoms with Crippen LogP contribution in [0.3, 0.4) is 0 Å². The number of guanidine groups is 1. The lowest BCUT2D eigenvalue weighted by Crippen LogP contribution is -2.60. The molecule has 0 unspecified atom stereocenters. The molecule has 0 spiro atoms. The first-order valence-corrected chi connectivity index (χ1v) is 12.0. The second-order valence-corrected chi connectivity index (χ2v) is 9.00. The van der Waals surface area contributed by atoms with E-state index in [2.05, 4.69) is 44.6 Å². The summed E-state index contributed by atoms with van der Waals surface area (Å²) in [5.41, 5.74) is 3.40. The summed E-state index contributed by atoms with van der Waals surface area (Å²) >= 11 is 0. The molecule has 1 aromatic heterocycles. The monoisotopic (exact) mass is 439 g/mol. The number of aromatic nitrogens is 1. The SMILES string of the molecule is CN=C(NCCc1coc(-c2ccc(C)cc2)n1)NCC1(N2CCOCC2)CCCCC1. The topological polar surface area (TPSA) is 74.9 Å². The zero-order chi connectivity index (χ0) is 22.2. The minimum Gasteiger partial charge on any atom is -0.444 e. The van der Waals surface area contributed by atoms with E-state index in [-0.39, 0.29) is 5.54 Å². The molecule has 1 saturated carbocycles. The minimum atomic E-state index is 0.217. The van der Waals surface area contributed by atoms with Crippen molar-refractivity contribution in [2.45, 2.75) is 51.0 Å². The Labute approximate surface area is 191 Å². The molecular weight excluding hydrogens is 402 g/mol. The Morgan fingerprint density at radius 2 is 1.84 bits per heavy atom. The molecular formula is C25H37N5O2. The van der Waals surface area contributed by atoms with Gasteiger partial charge in [-0.3, -0.25) is 9.89 Å². The third-order valence-corrected chi connectivity index (χ3v) is 6.80. The molecule has 4 rings (SSSR count). The summed E-state index contributed by atoms with van der Waals surface area (Å²) in [6.45, 7) is 7.51. The molecule has 2 aliphatic rings. The van der Waals surface area contributed by atoms with E-state index in [4.69, 9.17) is 9.15 Å². The zero-order valence-electron chi connectivity index (χ0n) is 19.5. The third kappa shape index (κ3) is 5.70. The van der Waals surface area contributed by atoms with Gasteiger partial charge in [0.15, 0.2) is 5.96 Å². The molecule has 2 aromatic rings. The van der Waals surface area contributed by atoms with E-state index >= 15 is 0 Å². The van der Waals surface area contributed by atoms with Crippen molar-refractivity contribution in [3.8, 4) is 11.5 Å². The van der Waals surface area contributed by atoms with Gasteiger partial charge in [-0.1, -0.05) is 37.0 Å². The number of benzene rings is 1. The van der Waals surface area contributed by atoms with Crippen LogP contribution >= 0.6 is 0 Å². The summed E-state index contributed by atoms with van der Waals surface area (Å²) in [6, 6.07) is 8.24. The van der Waals surface area contributed by atoms with Crippen LogP contribution in [0.2, 0.25) is 0 Å². The van der Waals surface area contributed by atoms with Gasteiger partial charge in [-0.2, -0.15) is 0 Å². The highest BCUT2D eigenvalue weighted by atomic mass is 16.5. The summed E-state index contributed by atoms with van der Waals surface area (Å²) in [5.74, 6) is 1.53. The lowest BCUT2D eigenvalue weighted by molar-refractivity contribution is -0.0352. The summed E-state index contributed by atoms with van der Waals surface area (Å²) in [5, 5.41) is 7.06. The number of hydrogen-bond acceptors (Lipinski definition) is 5. The summed E-state index contributed by atoms with van der Waals surface area (Å²) in [7, 11) is 1.84. The van der Waals surface area contributed by atoms with Crippen molar-refractivity contribution in [1.82, 2.24) is 20.5 Å². The van der Waals surface area contributed by atoms with Crippen molar-refractivity contribution < 1.29 is 9.15 Å². The molecule has 1 aromatic carbocycles. The largest absolute Gasteiger partial charge is 0.444 e. The average molecular weight is 440 g/mol. The van der Waals surface area contributed by atoms with Gasteiger partial charge in [0.2, 0.25) is 5.89 Å². The van der Waals surface area contributed by atoms with E-state index in [1.165, 1.54) is 37.7 Å². The molecule has 1 aliphatic carbocycles. The number of nitrogens with zero attached hydrogens (tertiary/aromatic N) is 3. The molecule has 2 fully saturated rings. The van der Waals surface area contributed by atoms with Crippen LogP contribution < -0.4 is 10.6 Å². The molecule has 174 valence electrons. The van der Waals surface area contributed by atoms with Gasteiger partial charge in [-0.15, -0.1) is 0 Å². The summed E-state index contributed by atoms with van der Waals surface area (Å²) < 4.78 is 11.3. The quantitative estimate of drug-likeness (QED) is 0.509. The highest BCUT2D eigenvalue weighted by Crippen LogP contribution is 2.33. The van der Waals surface area contributed by atoms with E-state index in [0.29, 0.717) is 5.89 Å². The molecule has 7 nitrogen and oxygen atoms in total. The molecule has 2 heterocycles. The molecule has 0 bridgehead atoms. The highest BCUT2D eigenvalue weighted by molar-refractivity contribution is 5.79. The van der Waals surface area contributed by atoms with Crippen molar-refractivity contribution >= 4 is 5.96 Å². The first kappa shape index (κ1) is 22.8. The maximum absolute atomic E-state index is 5.68. The number of ether oxygens (including phenoxy) is 1. The first-order valence-electron chi connectivity index (χ1n) is 12.0. The first-order chi connectivity index (χ1) is 15.7. The van der Waals surface area contributed by atoms with Crippen LogP contribution in [0.5, 0.6) is 0 Å².